The van der Waals surface area contributed by atoms with Crippen LogP contribution in [0.1, 0.15) is 11.7 Å². The number of hydrogen-bond donors (Lipinski definition) is 1. The van der Waals surface area contributed by atoms with Crippen molar-refractivity contribution in [3.63, 3.8) is 0 Å². The molecule has 0 heterocycles. The number of aliphatic carboxylic acids is 1. The van der Waals surface area contributed by atoms with E-state index in [0.29, 0.717) is 11.3 Å². The first-order valence-electron chi connectivity index (χ1n) is 4.19. The van der Waals surface area contributed by atoms with E-state index in [1.54, 1.807) is 18.2 Å². The van der Waals surface area contributed by atoms with Crippen LogP contribution in [-0.2, 0) is 9.53 Å². The Balaban J connectivity index is 3.19. The average molecular weight is 275 g/mol. The van der Waals surface area contributed by atoms with Crippen molar-refractivity contribution in [1.29, 1.82) is 0 Å². The molecule has 4 nitrogen and oxygen atoms in total. The second kappa shape index (κ2) is 5.14. The molecule has 1 unspecified atom stereocenters. The van der Waals surface area contributed by atoms with E-state index in [0.717, 1.165) is 4.47 Å². The summed E-state index contributed by atoms with van der Waals surface area (Å²) in [5, 5.41) is 8.94. The summed E-state index contributed by atoms with van der Waals surface area (Å²) < 4.78 is 10.7. The highest BCUT2D eigenvalue weighted by Gasteiger charge is 2.22. The van der Waals surface area contributed by atoms with Gasteiger partial charge in [-0.1, -0.05) is 15.9 Å². The van der Waals surface area contributed by atoms with Crippen molar-refractivity contribution >= 4 is 21.9 Å². The van der Waals surface area contributed by atoms with Gasteiger partial charge in [0, 0.05) is 17.1 Å². The van der Waals surface area contributed by atoms with Gasteiger partial charge in [0.15, 0.2) is 6.10 Å². The average Bonchev–Trinajstić information content (AvgIpc) is 2.18. The van der Waals surface area contributed by atoms with Gasteiger partial charge in [0.2, 0.25) is 0 Å². The molecule has 1 N–H and O–H groups in total. The van der Waals surface area contributed by atoms with Crippen LogP contribution in [0.4, 0.5) is 0 Å². The van der Waals surface area contributed by atoms with E-state index in [1.807, 2.05) is 0 Å². The quantitative estimate of drug-likeness (QED) is 0.915. The molecule has 0 aliphatic rings. The summed E-state index contributed by atoms with van der Waals surface area (Å²) in [6.45, 7) is 0. The maximum absolute atomic E-state index is 10.9. The lowest BCUT2D eigenvalue weighted by atomic mass is 10.1. The second-order valence-electron chi connectivity index (χ2n) is 2.84. The van der Waals surface area contributed by atoms with Crippen LogP contribution >= 0.6 is 15.9 Å². The Hall–Kier alpha value is -1.07. The molecule has 0 fully saturated rings. The van der Waals surface area contributed by atoms with Crippen LogP contribution in [0, 0.1) is 0 Å². The minimum Gasteiger partial charge on any atom is -0.496 e. The number of carboxylic acids is 1. The first-order valence-corrected chi connectivity index (χ1v) is 4.98. The summed E-state index contributed by atoms with van der Waals surface area (Å²) >= 11 is 3.27. The highest BCUT2D eigenvalue weighted by atomic mass is 79.9. The number of ether oxygens (including phenoxy) is 2. The van der Waals surface area contributed by atoms with Gasteiger partial charge in [0.05, 0.1) is 7.11 Å². The fraction of sp³-hybridized carbons (Fsp3) is 0.300. The van der Waals surface area contributed by atoms with Crippen molar-refractivity contribution in [1.82, 2.24) is 0 Å². The number of methoxy groups -OCH3 is 2. The fourth-order valence-corrected chi connectivity index (χ4v) is 1.65. The van der Waals surface area contributed by atoms with Crippen LogP contribution in [0.3, 0.4) is 0 Å². The zero-order chi connectivity index (χ0) is 11.4. The van der Waals surface area contributed by atoms with E-state index in [1.165, 1.54) is 14.2 Å². The predicted octanol–water partition coefficient (Wildman–Crippen LogP) is 2.23. The summed E-state index contributed by atoms with van der Waals surface area (Å²) in [7, 11) is 2.83. The molecule has 1 rings (SSSR count). The van der Waals surface area contributed by atoms with Gasteiger partial charge in [-0.25, -0.2) is 4.79 Å². The van der Waals surface area contributed by atoms with Crippen molar-refractivity contribution in [2.24, 2.45) is 0 Å². The van der Waals surface area contributed by atoms with Gasteiger partial charge in [-0.2, -0.15) is 0 Å². The second-order valence-corrected chi connectivity index (χ2v) is 3.76. The Morgan fingerprint density at radius 2 is 2.13 bits per heavy atom. The van der Waals surface area contributed by atoms with E-state index < -0.39 is 12.1 Å². The van der Waals surface area contributed by atoms with E-state index in [2.05, 4.69) is 15.9 Å². The molecule has 5 heteroatoms. The van der Waals surface area contributed by atoms with Gasteiger partial charge in [-0.15, -0.1) is 0 Å². The Kier molecular flexibility index (Phi) is 4.11. The molecule has 0 bridgehead atoms. The first-order chi connectivity index (χ1) is 7.10. The largest absolute Gasteiger partial charge is 0.496 e. The summed E-state index contributed by atoms with van der Waals surface area (Å²) in [4.78, 5) is 10.9. The number of hydrogen-bond acceptors (Lipinski definition) is 3. The van der Waals surface area contributed by atoms with Crippen LogP contribution in [0.15, 0.2) is 22.7 Å². The SMILES string of the molecule is COc1ccc(Br)cc1C(OC)C(=O)O. The molecule has 0 aliphatic carbocycles. The van der Waals surface area contributed by atoms with Crippen molar-refractivity contribution in [2.75, 3.05) is 14.2 Å². The van der Waals surface area contributed by atoms with E-state index in [-0.39, 0.29) is 0 Å². The normalized spacial score (nSPS) is 12.2. The number of halogens is 1. The van der Waals surface area contributed by atoms with E-state index in [4.69, 9.17) is 14.6 Å². The molecule has 1 aromatic rings. The standard InChI is InChI=1S/C10H11BrO4/c1-14-8-4-3-6(11)5-7(8)9(15-2)10(12)13/h3-5,9H,1-2H3,(H,12,13). The van der Waals surface area contributed by atoms with Crippen molar-refractivity contribution < 1.29 is 19.4 Å². The van der Waals surface area contributed by atoms with Gasteiger partial charge >= 0.3 is 5.97 Å². The topological polar surface area (TPSA) is 55.8 Å². The maximum atomic E-state index is 10.9. The Morgan fingerprint density at radius 3 is 2.60 bits per heavy atom. The first kappa shape index (κ1) is 12.0. The van der Waals surface area contributed by atoms with E-state index in [9.17, 15) is 4.79 Å². The molecule has 1 aromatic carbocycles. The lowest BCUT2D eigenvalue weighted by molar-refractivity contribution is -0.149. The molecule has 0 spiro atoms. The van der Waals surface area contributed by atoms with Gasteiger partial charge < -0.3 is 14.6 Å². The minimum absolute atomic E-state index is 0.488. The zero-order valence-corrected chi connectivity index (χ0v) is 9.95. The number of benzene rings is 1. The smallest absolute Gasteiger partial charge is 0.337 e. The van der Waals surface area contributed by atoms with Crippen molar-refractivity contribution in [3.05, 3.63) is 28.2 Å². The van der Waals surface area contributed by atoms with Crippen LogP contribution in [-0.4, -0.2) is 25.3 Å². The van der Waals surface area contributed by atoms with Crippen LogP contribution in [0.2, 0.25) is 0 Å². The Morgan fingerprint density at radius 1 is 1.47 bits per heavy atom. The maximum Gasteiger partial charge on any atom is 0.337 e. The van der Waals surface area contributed by atoms with Crippen molar-refractivity contribution in [3.8, 4) is 5.75 Å². The molecule has 0 amide bonds. The lowest BCUT2D eigenvalue weighted by Gasteiger charge is -2.14. The molecule has 0 saturated carbocycles. The minimum atomic E-state index is -1.05. The summed E-state index contributed by atoms with van der Waals surface area (Å²) in [6, 6.07) is 5.13. The highest BCUT2D eigenvalue weighted by Crippen LogP contribution is 2.30. The lowest BCUT2D eigenvalue weighted by Crippen LogP contribution is -2.14. The molecule has 0 aliphatic heterocycles. The van der Waals surface area contributed by atoms with Gasteiger partial charge in [0.1, 0.15) is 5.75 Å². The highest BCUT2D eigenvalue weighted by molar-refractivity contribution is 9.10. The fourth-order valence-electron chi connectivity index (χ4n) is 1.27. The number of carboxylic acid groups (broad SMARTS) is 1. The van der Waals surface area contributed by atoms with Crippen LogP contribution in [0.25, 0.3) is 0 Å². The van der Waals surface area contributed by atoms with Gasteiger partial charge in [0.25, 0.3) is 0 Å². The van der Waals surface area contributed by atoms with E-state index >= 15 is 0 Å². The monoisotopic (exact) mass is 274 g/mol. The third kappa shape index (κ3) is 2.70. The number of carbonyl (C=O) groups is 1. The molecular weight excluding hydrogens is 264 g/mol. The predicted molar refractivity (Wildman–Crippen MR) is 58.1 cm³/mol. The third-order valence-electron chi connectivity index (χ3n) is 1.93. The van der Waals surface area contributed by atoms with Gasteiger partial charge in [-0.3, -0.25) is 0 Å². The molecule has 1 atom stereocenters. The molecule has 15 heavy (non-hydrogen) atoms. The molecule has 0 saturated heterocycles. The molecule has 0 radical (unpaired) electrons. The molecule has 0 aromatic heterocycles. The van der Waals surface area contributed by atoms with Gasteiger partial charge in [-0.05, 0) is 18.2 Å². The zero-order valence-electron chi connectivity index (χ0n) is 8.36. The third-order valence-corrected chi connectivity index (χ3v) is 2.43. The molecular formula is C10H11BrO4. The number of rotatable bonds is 4. The Labute approximate surface area is 95.9 Å². The summed E-state index contributed by atoms with van der Waals surface area (Å²) in [6.07, 6.45) is -1.02. The Bertz CT molecular complexity index is 364. The summed E-state index contributed by atoms with van der Waals surface area (Å²) in [5.74, 6) is -0.554. The van der Waals surface area contributed by atoms with Crippen LogP contribution in [0.5, 0.6) is 5.75 Å². The van der Waals surface area contributed by atoms with Crippen LogP contribution < -0.4 is 4.74 Å². The molecule has 82 valence electrons. The summed E-state index contributed by atoms with van der Waals surface area (Å²) in [5.41, 5.74) is 0.488. The van der Waals surface area contributed by atoms with Crippen molar-refractivity contribution in [2.45, 2.75) is 6.10 Å².